The lowest BCUT2D eigenvalue weighted by molar-refractivity contribution is -0.191. The third kappa shape index (κ3) is 1.73. The van der Waals surface area contributed by atoms with Crippen molar-refractivity contribution >= 4 is 6.29 Å². The lowest BCUT2D eigenvalue weighted by Gasteiger charge is -2.31. The van der Waals surface area contributed by atoms with E-state index in [1.165, 1.54) is 0 Å². The number of alkyl halides is 3. The number of carbonyl (C=O) groups is 1. The van der Waals surface area contributed by atoms with Gasteiger partial charge in [0.05, 0.1) is 0 Å². The summed E-state index contributed by atoms with van der Waals surface area (Å²) >= 11 is 0. The Morgan fingerprint density at radius 1 is 1.36 bits per heavy atom. The molecule has 1 aliphatic rings. The fourth-order valence-electron chi connectivity index (χ4n) is 1.25. The van der Waals surface area contributed by atoms with Crippen molar-refractivity contribution in [2.45, 2.75) is 25.4 Å². The molecule has 1 aliphatic carbocycles. The van der Waals surface area contributed by atoms with Gasteiger partial charge in [0.25, 0.3) is 0 Å². The molecule has 1 atom stereocenters. The fraction of sp³-hybridized carbons (Fsp3) is 0.857. The van der Waals surface area contributed by atoms with Gasteiger partial charge in [0.15, 0.2) is 0 Å². The highest BCUT2D eigenvalue weighted by Crippen LogP contribution is 2.40. The van der Waals surface area contributed by atoms with Crippen LogP contribution in [0.2, 0.25) is 0 Å². The Bertz CT molecular complexity index is 148. The summed E-state index contributed by atoms with van der Waals surface area (Å²) in [5.41, 5.74) is 0. The highest BCUT2D eigenvalue weighted by Gasteiger charge is 2.46. The summed E-state index contributed by atoms with van der Waals surface area (Å²) in [4.78, 5) is 10.1. The second-order valence-electron chi connectivity index (χ2n) is 2.89. The van der Waals surface area contributed by atoms with Crippen molar-refractivity contribution in [2.24, 2.45) is 11.8 Å². The molecule has 0 N–H and O–H groups in total. The van der Waals surface area contributed by atoms with E-state index in [2.05, 4.69) is 0 Å². The van der Waals surface area contributed by atoms with E-state index < -0.39 is 18.0 Å². The quantitative estimate of drug-likeness (QED) is 0.574. The van der Waals surface area contributed by atoms with Gasteiger partial charge in [-0.15, -0.1) is 0 Å². The molecular formula is C7H9F3O. The molecule has 1 rings (SSSR count). The predicted octanol–water partition coefficient (Wildman–Crippen LogP) is 2.16. The van der Waals surface area contributed by atoms with Gasteiger partial charge in [0, 0.05) is 0 Å². The van der Waals surface area contributed by atoms with Gasteiger partial charge >= 0.3 is 6.18 Å². The van der Waals surface area contributed by atoms with Crippen LogP contribution in [0.25, 0.3) is 0 Å². The average molecular weight is 166 g/mol. The van der Waals surface area contributed by atoms with Crippen LogP contribution in [-0.2, 0) is 4.79 Å². The Labute approximate surface area is 62.6 Å². The molecule has 0 aliphatic heterocycles. The molecule has 1 saturated carbocycles. The summed E-state index contributed by atoms with van der Waals surface area (Å²) in [6.45, 7) is 0. The SMILES string of the molecule is O=CC(C1CCC1)C(F)(F)F. The molecule has 0 saturated heterocycles. The molecule has 1 unspecified atom stereocenters. The van der Waals surface area contributed by atoms with Crippen molar-refractivity contribution in [1.82, 2.24) is 0 Å². The van der Waals surface area contributed by atoms with E-state index >= 15 is 0 Å². The molecule has 11 heavy (non-hydrogen) atoms. The van der Waals surface area contributed by atoms with Crippen LogP contribution in [0.5, 0.6) is 0 Å². The van der Waals surface area contributed by atoms with Crippen molar-refractivity contribution in [2.75, 3.05) is 0 Å². The maximum Gasteiger partial charge on any atom is 0.398 e. The average Bonchev–Trinajstić information content (AvgIpc) is 1.74. The zero-order valence-corrected chi connectivity index (χ0v) is 5.90. The van der Waals surface area contributed by atoms with Gasteiger partial charge in [-0.1, -0.05) is 6.42 Å². The second-order valence-corrected chi connectivity index (χ2v) is 2.89. The van der Waals surface area contributed by atoms with Gasteiger partial charge in [0.1, 0.15) is 12.2 Å². The summed E-state index contributed by atoms with van der Waals surface area (Å²) in [7, 11) is 0. The first-order valence-electron chi connectivity index (χ1n) is 3.57. The molecule has 1 nitrogen and oxygen atoms in total. The summed E-state index contributed by atoms with van der Waals surface area (Å²) in [5.74, 6) is -2.15. The van der Waals surface area contributed by atoms with Crippen molar-refractivity contribution in [3.8, 4) is 0 Å². The van der Waals surface area contributed by atoms with Crippen molar-refractivity contribution in [3.63, 3.8) is 0 Å². The van der Waals surface area contributed by atoms with E-state index in [9.17, 15) is 18.0 Å². The van der Waals surface area contributed by atoms with Crippen LogP contribution in [0, 0.1) is 11.8 Å². The highest BCUT2D eigenvalue weighted by atomic mass is 19.4. The maximum absolute atomic E-state index is 12.0. The summed E-state index contributed by atoms with van der Waals surface area (Å²) in [6.07, 6.45) is -2.38. The lowest BCUT2D eigenvalue weighted by atomic mass is 9.76. The number of hydrogen-bond donors (Lipinski definition) is 0. The highest BCUT2D eigenvalue weighted by molar-refractivity contribution is 5.55. The molecule has 0 heterocycles. The lowest BCUT2D eigenvalue weighted by Crippen LogP contribution is -2.35. The Kier molecular flexibility index (Phi) is 2.20. The molecular weight excluding hydrogens is 157 g/mol. The Morgan fingerprint density at radius 2 is 1.91 bits per heavy atom. The zero-order valence-electron chi connectivity index (χ0n) is 5.90. The summed E-state index contributed by atoms with van der Waals surface area (Å²) < 4.78 is 35.9. The van der Waals surface area contributed by atoms with Gasteiger partial charge in [0.2, 0.25) is 0 Å². The molecule has 0 spiro atoms. The minimum atomic E-state index is -4.33. The Morgan fingerprint density at radius 3 is 2.00 bits per heavy atom. The first-order chi connectivity index (χ1) is 5.05. The molecule has 0 aromatic rings. The van der Waals surface area contributed by atoms with E-state index in [4.69, 9.17) is 0 Å². The molecule has 0 aromatic carbocycles. The van der Waals surface area contributed by atoms with Crippen LogP contribution in [0.15, 0.2) is 0 Å². The van der Waals surface area contributed by atoms with Gasteiger partial charge in [-0.25, -0.2) is 0 Å². The first kappa shape index (κ1) is 8.56. The van der Waals surface area contributed by atoms with Crippen molar-refractivity contribution in [3.05, 3.63) is 0 Å². The van der Waals surface area contributed by atoms with Gasteiger partial charge in [-0.3, -0.25) is 0 Å². The Balaban J connectivity index is 2.54. The molecule has 0 radical (unpaired) electrons. The van der Waals surface area contributed by atoms with E-state index in [-0.39, 0.29) is 6.29 Å². The monoisotopic (exact) mass is 166 g/mol. The van der Waals surface area contributed by atoms with Crippen LogP contribution in [-0.4, -0.2) is 12.5 Å². The van der Waals surface area contributed by atoms with E-state index in [0.29, 0.717) is 12.8 Å². The third-order valence-electron chi connectivity index (χ3n) is 2.18. The minimum Gasteiger partial charge on any atom is -0.303 e. The maximum atomic E-state index is 12.0. The van der Waals surface area contributed by atoms with Crippen molar-refractivity contribution < 1.29 is 18.0 Å². The minimum absolute atomic E-state index is 0.0316. The first-order valence-corrected chi connectivity index (χ1v) is 3.57. The molecule has 64 valence electrons. The molecule has 0 aromatic heterocycles. The molecule has 4 heteroatoms. The predicted molar refractivity (Wildman–Crippen MR) is 32.9 cm³/mol. The van der Waals surface area contributed by atoms with Crippen LogP contribution in [0.4, 0.5) is 13.2 Å². The van der Waals surface area contributed by atoms with Gasteiger partial charge < -0.3 is 4.79 Å². The van der Waals surface area contributed by atoms with E-state index in [0.717, 1.165) is 6.42 Å². The number of halogens is 3. The number of aldehydes is 1. The number of carbonyl (C=O) groups excluding carboxylic acids is 1. The number of rotatable bonds is 2. The number of hydrogen-bond acceptors (Lipinski definition) is 1. The molecule has 0 amide bonds. The van der Waals surface area contributed by atoms with Crippen LogP contribution in [0.3, 0.4) is 0 Å². The van der Waals surface area contributed by atoms with E-state index in [1.54, 1.807) is 0 Å². The molecule has 1 fully saturated rings. The fourth-order valence-corrected chi connectivity index (χ4v) is 1.25. The normalized spacial score (nSPS) is 22.5. The zero-order chi connectivity index (χ0) is 8.48. The van der Waals surface area contributed by atoms with Crippen LogP contribution < -0.4 is 0 Å². The van der Waals surface area contributed by atoms with Crippen LogP contribution >= 0.6 is 0 Å². The van der Waals surface area contributed by atoms with Crippen LogP contribution in [0.1, 0.15) is 19.3 Å². The Hall–Kier alpha value is -0.540. The summed E-state index contributed by atoms with van der Waals surface area (Å²) in [6, 6.07) is 0. The molecule has 0 bridgehead atoms. The largest absolute Gasteiger partial charge is 0.398 e. The van der Waals surface area contributed by atoms with E-state index in [1.807, 2.05) is 0 Å². The second kappa shape index (κ2) is 2.83. The van der Waals surface area contributed by atoms with Crippen molar-refractivity contribution in [1.29, 1.82) is 0 Å². The standard InChI is InChI=1S/C7H9F3O/c8-7(9,10)6(4-11)5-2-1-3-5/h4-6H,1-3H2. The van der Waals surface area contributed by atoms with Gasteiger partial charge in [-0.2, -0.15) is 13.2 Å². The topological polar surface area (TPSA) is 17.1 Å². The smallest absolute Gasteiger partial charge is 0.303 e. The van der Waals surface area contributed by atoms with Gasteiger partial charge in [-0.05, 0) is 18.8 Å². The summed E-state index contributed by atoms with van der Waals surface area (Å²) in [5, 5.41) is 0. The third-order valence-corrected chi connectivity index (χ3v) is 2.18.